The van der Waals surface area contributed by atoms with Gasteiger partial charge >= 0.3 is 7.12 Å². The number of ether oxygens (including phenoxy) is 1. The fourth-order valence-electron chi connectivity index (χ4n) is 3.97. The second kappa shape index (κ2) is 5.52. The molecule has 25 heavy (non-hydrogen) atoms. The Kier molecular flexibility index (Phi) is 4.05. The van der Waals surface area contributed by atoms with Crippen LogP contribution in [-0.4, -0.2) is 30.0 Å². The van der Waals surface area contributed by atoms with Crippen molar-refractivity contribution < 1.29 is 14.0 Å². The number of aromatic nitrogens is 1. The van der Waals surface area contributed by atoms with Gasteiger partial charge in [-0.3, -0.25) is 0 Å². The summed E-state index contributed by atoms with van der Waals surface area (Å²) in [7, 11) is 3.44. The van der Waals surface area contributed by atoms with Crippen LogP contribution in [0.25, 0.3) is 10.9 Å². The lowest BCUT2D eigenvalue weighted by molar-refractivity contribution is 0.00578. The molecular formula is C20H30BNO3. The van der Waals surface area contributed by atoms with Gasteiger partial charge in [0.05, 0.1) is 18.3 Å². The Balaban J connectivity index is 2.38. The van der Waals surface area contributed by atoms with Crippen LogP contribution in [0.15, 0.2) is 0 Å². The molecule has 1 aromatic carbocycles. The third kappa shape index (κ3) is 2.36. The van der Waals surface area contributed by atoms with Crippen molar-refractivity contribution in [3.05, 3.63) is 22.4 Å². The van der Waals surface area contributed by atoms with E-state index in [1.165, 1.54) is 27.7 Å². The molecule has 1 aliphatic heterocycles. The Labute approximate surface area is 151 Å². The average Bonchev–Trinajstić information content (AvgIpc) is 2.84. The van der Waals surface area contributed by atoms with E-state index in [9.17, 15) is 0 Å². The van der Waals surface area contributed by atoms with Crippen LogP contribution in [0.3, 0.4) is 0 Å². The number of hydrogen-bond acceptors (Lipinski definition) is 3. The Morgan fingerprint density at radius 3 is 1.88 bits per heavy atom. The first-order chi connectivity index (χ1) is 11.4. The Hall–Kier alpha value is -1.46. The molecule has 1 fully saturated rings. The highest BCUT2D eigenvalue weighted by molar-refractivity contribution is 6.65. The van der Waals surface area contributed by atoms with Crippen molar-refractivity contribution in [3.63, 3.8) is 0 Å². The zero-order valence-corrected chi connectivity index (χ0v) is 17.2. The minimum atomic E-state index is -0.408. The zero-order chi connectivity index (χ0) is 18.9. The molecule has 0 unspecified atom stereocenters. The van der Waals surface area contributed by atoms with Crippen molar-refractivity contribution in [2.75, 3.05) is 7.11 Å². The maximum Gasteiger partial charge on any atom is 0.497 e. The van der Waals surface area contributed by atoms with Gasteiger partial charge < -0.3 is 18.6 Å². The van der Waals surface area contributed by atoms with Crippen molar-refractivity contribution in [1.29, 1.82) is 0 Å². The number of nitrogens with zero attached hydrogens (tertiary/aromatic N) is 1. The van der Waals surface area contributed by atoms with E-state index in [1.54, 1.807) is 7.11 Å². The van der Waals surface area contributed by atoms with Gasteiger partial charge in [-0.05, 0) is 66.5 Å². The van der Waals surface area contributed by atoms with Crippen LogP contribution in [-0.2, 0) is 16.4 Å². The molecular weight excluding hydrogens is 313 g/mol. The molecule has 136 valence electrons. The summed E-state index contributed by atoms with van der Waals surface area (Å²) in [4.78, 5) is 0. The molecule has 0 spiro atoms. The van der Waals surface area contributed by atoms with E-state index in [0.29, 0.717) is 0 Å². The van der Waals surface area contributed by atoms with E-state index in [0.717, 1.165) is 16.8 Å². The molecule has 4 nitrogen and oxygen atoms in total. The normalized spacial score (nSPS) is 19.0. The first-order valence-electron chi connectivity index (χ1n) is 8.93. The Morgan fingerprint density at radius 2 is 1.40 bits per heavy atom. The fraction of sp³-hybridized carbons (Fsp3) is 0.600. The molecule has 0 amide bonds. The van der Waals surface area contributed by atoms with Crippen LogP contribution in [0.2, 0.25) is 0 Å². The van der Waals surface area contributed by atoms with Gasteiger partial charge in [0.1, 0.15) is 5.75 Å². The van der Waals surface area contributed by atoms with Crippen LogP contribution in [0.5, 0.6) is 5.75 Å². The van der Waals surface area contributed by atoms with E-state index in [2.05, 4.69) is 67.0 Å². The largest absolute Gasteiger partial charge is 0.497 e. The van der Waals surface area contributed by atoms with Crippen LogP contribution < -0.4 is 10.2 Å². The van der Waals surface area contributed by atoms with Crippen LogP contribution >= 0.6 is 0 Å². The molecule has 2 aromatic rings. The first kappa shape index (κ1) is 18.3. The highest BCUT2D eigenvalue weighted by Crippen LogP contribution is 2.40. The summed E-state index contributed by atoms with van der Waals surface area (Å²) in [5, 5.41) is 1.24. The summed E-state index contributed by atoms with van der Waals surface area (Å²) in [6.45, 7) is 16.9. The van der Waals surface area contributed by atoms with Crippen molar-refractivity contribution in [2.24, 2.45) is 7.05 Å². The summed E-state index contributed by atoms with van der Waals surface area (Å²) in [6, 6.07) is 0. The van der Waals surface area contributed by atoms with Gasteiger partial charge in [0.15, 0.2) is 0 Å². The van der Waals surface area contributed by atoms with Crippen molar-refractivity contribution in [2.45, 2.75) is 66.6 Å². The van der Waals surface area contributed by atoms with Crippen molar-refractivity contribution >= 4 is 23.5 Å². The second-order valence-corrected chi connectivity index (χ2v) is 8.28. The van der Waals surface area contributed by atoms with E-state index in [-0.39, 0.29) is 11.2 Å². The van der Waals surface area contributed by atoms with Gasteiger partial charge in [-0.1, -0.05) is 0 Å². The summed E-state index contributed by atoms with van der Waals surface area (Å²) in [5.74, 6) is 0.922. The number of benzene rings is 1. The molecule has 0 atom stereocenters. The quantitative estimate of drug-likeness (QED) is 0.779. The average molecular weight is 343 g/mol. The van der Waals surface area contributed by atoms with Crippen LogP contribution in [0, 0.1) is 27.7 Å². The first-order valence-corrected chi connectivity index (χ1v) is 8.93. The van der Waals surface area contributed by atoms with Gasteiger partial charge in [-0.2, -0.15) is 0 Å². The number of fused-ring (bicyclic) bond motifs is 1. The summed E-state index contributed by atoms with van der Waals surface area (Å²) >= 11 is 0. The number of rotatable bonds is 2. The molecule has 2 heterocycles. The summed E-state index contributed by atoms with van der Waals surface area (Å²) in [5.41, 5.74) is 6.32. The molecule has 1 aromatic heterocycles. The van der Waals surface area contributed by atoms with Crippen LogP contribution in [0.4, 0.5) is 0 Å². The zero-order valence-electron chi connectivity index (χ0n) is 17.2. The molecule has 0 N–H and O–H groups in total. The monoisotopic (exact) mass is 343 g/mol. The molecule has 0 saturated carbocycles. The SMILES string of the molecule is COc1c(C)c(B2OC(C)(C)C(C)(C)O2)c2c(c1C)c(C)c(C)n2C. The second-order valence-electron chi connectivity index (χ2n) is 8.28. The molecule has 0 bridgehead atoms. The standard InChI is InChI=1S/C20H30BNO3/c1-11-14(4)22(9)17-15(11)12(2)18(23-10)13(3)16(17)21-24-19(5,6)20(7,8)25-21/h1-10H3. The maximum absolute atomic E-state index is 6.39. The molecule has 0 radical (unpaired) electrons. The Bertz CT molecular complexity index is 848. The van der Waals surface area contributed by atoms with Gasteiger partial charge in [-0.25, -0.2) is 0 Å². The van der Waals surface area contributed by atoms with Gasteiger partial charge in [-0.15, -0.1) is 0 Å². The predicted molar refractivity (Wildman–Crippen MR) is 104 cm³/mol. The number of hydrogen-bond donors (Lipinski definition) is 0. The van der Waals surface area contributed by atoms with Gasteiger partial charge in [0, 0.05) is 34.7 Å². The van der Waals surface area contributed by atoms with E-state index in [4.69, 9.17) is 14.0 Å². The Morgan fingerprint density at radius 1 is 0.880 bits per heavy atom. The molecule has 5 heteroatoms. The molecule has 1 aliphatic rings. The third-order valence-electron chi connectivity index (χ3n) is 6.40. The minimum Gasteiger partial charge on any atom is -0.496 e. The van der Waals surface area contributed by atoms with E-state index in [1.807, 2.05) is 0 Å². The number of methoxy groups -OCH3 is 1. The third-order valence-corrected chi connectivity index (χ3v) is 6.40. The number of aryl methyl sites for hydroxylation is 3. The molecule has 3 rings (SSSR count). The predicted octanol–water partition coefficient (Wildman–Crippen LogP) is 3.72. The molecule has 0 aliphatic carbocycles. The summed E-state index contributed by atoms with van der Waals surface area (Å²) in [6.07, 6.45) is 0. The minimum absolute atomic E-state index is 0.371. The van der Waals surface area contributed by atoms with E-state index < -0.39 is 7.12 Å². The lowest BCUT2D eigenvalue weighted by atomic mass is 9.73. The lowest BCUT2D eigenvalue weighted by Crippen LogP contribution is -2.41. The van der Waals surface area contributed by atoms with Crippen molar-refractivity contribution in [1.82, 2.24) is 4.57 Å². The fourth-order valence-corrected chi connectivity index (χ4v) is 3.97. The van der Waals surface area contributed by atoms with Crippen LogP contribution in [0.1, 0.15) is 50.1 Å². The highest BCUT2D eigenvalue weighted by Gasteiger charge is 2.53. The summed E-state index contributed by atoms with van der Waals surface area (Å²) < 4.78 is 20.8. The van der Waals surface area contributed by atoms with E-state index >= 15 is 0 Å². The maximum atomic E-state index is 6.39. The highest BCUT2D eigenvalue weighted by atomic mass is 16.7. The topological polar surface area (TPSA) is 32.6 Å². The van der Waals surface area contributed by atoms with Gasteiger partial charge in [0.2, 0.25) is 0 Å². The van der Waals surface area contributed by atoms with Crippen molar-refractivity contribution in [3.8, 4) is 5.75 Å². The van der Waals surface area contributed by atoms with Gasteiger partial charge in [0.25, 0.3) is 0 Å². The molecule has 1 saturated heterocycles. The lowest BCUT2D eigenvalue weighted by Gasteiger charge is -2.32. The smallest absolute Gasteiger partial charge is 0.496 e.